The van der Waals surface area contributed by atoms with Gasteiger partial charge in [-0.25, -0.2) is 0 Å². The van der Waals surface area contributed by atoms with E-state index in [-0.39, 0.29) is 54.2 Å². The van der Waals surface area contributed by atoms with Gasteiger partial charge in [0.05, 0.1) is 23.3 Å². The predicted octanol–water partition coefficient (Wildman–Crippen LogP) is 2.18. The van der Waals surface area contributed by atoms with Crippen LogP contribution in [0.15, 0.2) is 23.8 Å². The van der Waals surface area contributed by atoms with Gasteiger partial charge in [-0.05, 0) is 54.1 Å². The highest BCUT2D eigenvalue weighted by molar-refractivity contribution is 14.1. The topological polar surface area (TPSA) is 142 Å². The number of nitrogens with one attached hydrogen (secondary N) is 1. The number of carbonyl (C=O) groups excluding carboxylic acids is 4. The number of nitrogens with zero attached hydrogens (tertiary/aromatic N) is 1. The normalized spacial score (nSPS) is 19.1. The fourth-order valence-corrected chi connectivity index (χ4v) is 4.81. The SMILES string of the molecule is COc1cc(C=O)cc(I)c1OC1C=C(C(=O)NCCO)CC(N(CC(F)(F)F)C(=O)CCCC(C)=O)C1O. The van der Waals surface area contributed by atoms with Gasteiger partial charge in [0.1, 0.15) is 30.8 Å². The molecule has 216 valence electrons. The quantitative estimate of drug-likeness (QED) is 0.214. The molecule has 3 unspecified atom stereocenters. The van der Waals surface area contributed by atoms with Crippen molar-refractivity contribution in [2.75, 3.05) is 26.8 Å². The van der Waals surface area contributed by atoms with Gasteiger partial charge in [0.25, 0.3) is 0 Å². The summed E-state index contributed by atoms with van der Waals surface area (Å²) in [4.78, 5) is 48.6. The zero-order chi connectivity index (χ0) is 29.3. The summed E-state index contributed by atoms with van der Waals surface area (Å²) in [7, 11) is 1.31. The maximum Gasteiger partial charge on any atom is 0.406 e. The number of hydrogen-bond donors (Lipinski definition) is 3. The van der Waals surface area contributed by atoms with Gasteiger partial charge in [0.2, 0.25) is 11.8 Å². The zero-order valence-electron chi connectivity index (χ0n) is 21.3. The average Bonchev–Trinajstić information content (AvgIpc) is 2.86. The molecular formula is C25H30F3IN2O8. The van der Waals surface area contributed by atoms with Gasteiger partial charge in [-0.1, -0.05) is 0 Å². The van der Waals surface area contributed by atoms with Crippen molar-refractivity contribution in [3.05, 3.63) is 32.9 Å². The molecule has 0 aliphatic heterocycles. The maximum atomic E-state index is 13.6. The minimum Gasteiger partial charge on any atom is -0.493 e. The van der Waals surface area contributed by atoms with Crippen molar-refractivity contribution in [2.45, 2.75) is 57.0 Å². The van der Waals surface area contributed by atoms with E-state index in [4.69, 9.17) is 14.6 Å². The minimum atomic E-state index is -4.82. The third-order valence-corrected chi connectivity index (χ3v) is 6.65. The lowest BCUT2D eigenvalue weighted by Gasteiger charge is -2.41. The monoisotopic (exact) mass is 670 g/mol. The minimum absolute atomic E-state index is 0.00567. The van der Waals surface area contributed by atoms with Gasteiger partial charge in [0, 0.05) is 36.9 Å². The number of rotatable bonds is 13. The summed E-state index contributed by atoms with van der Waals surface area (Å²) < 4.78 is 52.3. The number of Topliss-reactive ketones (excluding diaryl/α,β-unsaturated/α-hetero) is 1. The summed E-state index contributed by atoms with van der Waals surface area (Å²) >= 11 is 1.85. The van der Waals surface area contributed by atoms with E-state index in [1.54, 1.807) is 0 Å². The van der Waals surface area contributed by atoms with E-state index >= 15 is 0 Å². The van der Waals surface area contributed by atoms with E-state index in [0.29, 0.717) is 14.8 Å². The molecule has 0 saturated heterocycles. The molecule has 0 radical (unpaired) electrons. The number of alkyl halides is 3. The molecule has 2 amide bonds. The van der Waals surface area contributed by atoms with Crippen molar-refractivity contribution in [3.63, 3.8) is 0 Å². The highest BCUT2D eigenvalue weighted by atomic mass is 127. The number of aldehydes is 1. The molecule has 1 aliphatic carbocycles. The Morgan fingerprint density at radius 2 is 1.95 bits per heavy atom. The molecule has 3 N–H and O–H groups in total. The Morgan fingerprint density at radius 1 is 1.26 bits per heavy atom. The van der Waals surface area contributed by atoms with Gasteiger partial charge in [-0.15, -0.1) is 0 Å². The van der Waals surface area contributed by atoms with Gasteiger partial charge in [-0.2, -0.15) is 13.2 Å². The van der Waals surface area contributed by atoms with E-state index in [0.717, 1.165) is 0 Å². The van der Waals surface area contributed by atoms with Crippen LogP contribution in [0.25, 0.3) is 0 Å². The number of amides is 2. The summed E-state index contributed by atoms with van der Waals surface area (Å²) in [6.07, 6.45) is -6.90. The average molecular weight is 670 g/mol. The van der Waals surface area contributed by atoms with Crippen LogP contribution in [0.1, 0.15) is 43.0 Å². The first-order chi connectivity index (χ1) is 18.3. The molecule has 1 aromatic rings. The molecule has 0 spiro atoms. The first kappa shape index (κ1) is 32.5. The van der Waals surface area contributed by atoms with Crippen molar-refractivity contribution in [1.82, 2.24) is 10.2 Å². The Labute approximate surface area is 236 Å². The molecule has 0 heterocycles. The van der Waals surface area contributed by atoms with Crippen molar-refractivity contribution >= 4 is 46.5 Å². The molecule has 0 aromatic heterocycles. The van der Waals surface area contributed by atoms with Gasteiger partial charge in [-0.3, -0.25) is 14.4 Å². The van der Waals surface area contributed by atoms with Gasteiger partial charge >= 0.3 is 6.18 Å². The van der Waals surface area contributed by atoms with Gasteiger partial charge < -0.3 is 34.7 Å². The molecule has 10 nitrogen and oxygen atoms in total. The molecule has 2 rings (SSSR count). The highest BCUT2D eigenvalue weighted by Crippen LogP contribution is 2.37. The fourth-order valence-electron chi connectivity index (χ4n) is 4.05. The molecular weight excluding hydrogens is 640 g/mol. The number of aliphatic hydroxyl groups excluding tert-OH is 2. The summed E-state index contributed by atoms with van der Waals surface area (Å²) in [5.41, 5.74) is 0.198. The maximum absolute atomic E-state index is 13.6. The van der Waals surface area contributed by atoms with E-state index in [2.05, 4.69) is 5.32 Å². The summed E-state index contributed by atoms with van der Waals surface area (Å²) in [5, 5.41) is 22.7. The molecule has 1 aliphatic rings. The number of aliphatic hydroxyl groups is 2. The van der Waals surface area contributed by atoms with Crippen LogP contribution in [0.5, 0.6) is 11.5 Å². The molecule has 0 saturated carbocycles. The standard InChI is InChI=1S/C25H30F3IN2O8/c1-14(34)4-3-5-21(35)31(13-25(26,27)28)18-10-16(24(37)30-6-7-32)11-19(22(18)36)39-23-17(29)8-15(12-33)9-20(23)38-2/h8-9,11-12,18-19,22,32,36H,3-7,10,13H2,1-2H3,(H,30,37). The number of halogens is 4. The second kappa shape index (κ2) is 14.6. The van der Waals surface area contributed by atoms with E-state index in [1.807, 2.05) is 22.6 Å². The second-order valence-electron chi connectivity index (χ2n) is 8.86. The number of ketones is 1. The van der Waals surface area contributed by atoms with Crippen LogP contribution < -0.4 is 14.8 Å². The molecule has 3 atom stereocenters. The van der Waals surface area contributed by atoms with Crippen molar-refractivity contribution in [1.29, 1.82) is 0 Å². The number of ether oxygens (including phenoxy) is 2. The smallest absolute Gasteiger partial charge is 0.406 e. The first-order valence-electron chi connectivity index (χ1n) is 11.9. The predicted molar refractivity (Wildman–Crippen MR) is 140 cm³/mol. The number of carbonyl (C=O) groups is 4. The van der Waals surface area contributed by atoms with Crippen LogP contribution in [-0.4, -0.2) is 90.2 Å². The Bertz CT molecular complexity index is 1100. The van der Waals surface area contributed by atoms with Crippen LogP contribution in [0.4, 0.5) is 13.2 Å². The Balaban J connectivity index is 2.51. The third-order valence-electron chi connectivity index (χ3n) is 5.85. The van der Waals surface area contributed by atoms with Crippen molar-refractivity contribution in [3.8, 4) is 11.5 Å². The Morgan fingerprint density at radius 3 is 2.51 bits per heavy atom. The van der Waals surface area contributed by atoms with E-state index < -0.39 is 55.8 Å². The largest absolute Gasteiger partial charge is 0.493 e. The van der Waals surface area contributed by atoms with Crippen LogP contribution in [0.2, 0.25) is 0 Å². The summed E-state index contributed by atoms with van der Waals surface area (Å²) in [5.74, 6) is -1.73. The first-order valence-corrected chi connectivity index (χ1v) is 13.0. The van der Waals surface area contributed by atoms with Crippen LogP contribution in [0.3, 0.4) is 0 Å². The number of hydrogen-bond acceptors (Lipinski definition) is 8. The number of benzene rings is 1. The van der Waals surface area contributed by atoms with Crippen molar-refractivity contribution in [2.24, 2.45) is 0 Å². The van der Waals surface area contributed by atoms with Crippen molar-refractivity contribution < 1.29 is 52.0 Å². The lowest BCUT2D eigenvalue weighted by Crippen LogP contribution is -2.57. The second-order valence-corrected chi connectivity index (χ2v) is 10.0. The lowest BCUT2D eigenvalue weighted by atomic mass is 9.87. The lowest BCUT2D eigenvalue weighted by molar-refractivity contribution is -0.172. The third kappa shape index (κ3) is 9.46. The molecule has 0 fully saturated rings. The van der Waals surface area contributed by atoms with Crippen LogP contribution in [-0.2, 0) is 14.4 Å². The Kier molecular flexibility index (Phi) is 12.2. The molecule has 39 heavy (non-hydrogen) atoms. The van der Waals surface area contributed by atoms with Gasteiger partial charge in [0.15, 0.2) is 11.5 Å². The zero-order valence-corrected chi connectivity index (χ0v) is 23.5. The summed E-state index contributed by atoms with van der Waals surface area (Å²) in [6, 6.07) is 1.31. The van der Waals surface area contributed by atoms with Crippen LogP contribution in [0, 0.1) is 3.57 Å². The Hall–Kier alpha value is -2.72. The van der Waals surface area contributed by atoms with E-state index in [9.17, 15) is 37.5 Å². The van der Waals surface area contributed by atoms with E-state index in [1.165, 1.54) is 32.2 Å². The highest BCUT2D eigenvalue weighted by Gasteiger charge is 2.44. The molecule has 1 aromatic carbocycles. The molecule has 14 heteroatoms. The fraction of sp³-hybridized carbons (Fsp3) is 0.520. The number of methoxy groups -OCH3 is 1. The van der Waals surface area contributed by atoms with Crippen LogP contribution >= 0.6 is 22.6 Å². The summed E-state index contributed by atoms with van der Waals surface area (Å²) in [6.45, 7) is -0.923. The molecule has 0 bridgehead atoms.